The Morgan fingerprint density at radius 1 is 1.22 bits per heavy atom. The van der Waals surface area contributed by atoms with E-state index in [1.165, 1.54) is 30.0 Å². The summed E-state index contributed by atoms with van der Waals surface area (Å²) in [6, 6.07) is 10.9. The van der Waals surface area contributed by atoms with Crippen LogP contribution in [-0.2, 0) is 9.59 Å². The first kappa shape index (κ1) is 17.0. The summed E-state index contributed by atoms with van der Waals surface area (Å²) in [5.41, 5.74) is 1.45. The van der Waals surface area contributed by atoms with E-state index in [0.29, 0.717) is 10.7 Å². The largest absolute Gasteiger partial charge is 0.322 e. The Morgan fingerprint density at radius 3 is 2.52 bits per heavy atom. The Balaban J connectivity index is 2.16. The van der Waals surface area contributed by atoms with E-state index in [9.17, 15) is 14.0 Å². The normalized spacial score (nSPS) is 10.3. The van der Waals surface area contributed by atoms with Crippen molar-refractivity contribution in [2.45, 2.75) is 13.8 Å². The molecule has 2 amide bonds. The van der Waals surface area contributed by atoms with E-state index in [4.69, 9.17) is 11.6 Å². The van der Waals surface area contributed by atoms with Crippen molar-refractivity contribution in [2.75, 3.05) is 16.8 Å². The molecule has 6 heteroatoms. The number of hydrogen-bond acceptors (Lipinski definition) is 2. The molecule has 0 unspecified atom stereocenters. The van der Waals surface area contributed by atoms with Crippen LogP contribution in [0.5, 0.6) is 0 Å². The van der Waals surface area contributed by atoms with Crippen molar-refractivity contribution < 1.29 is 14.0 Å². The summed E-state index contributed by atoms with van der Waals surface area (Å²) in [6.45, 7) is 2.96. The molecule has 0 atom stereocenters. The molecule has 0 bridgehead atoms. The Labute approximate surface area is 138 Å². The van der Waals surface area contributed by atoms with Crippen LogP contribution in [-0.4, -0.2) is 18.4 Å². The number of nitrogens with one attached hydrogen (secondary N) is 1. The maximum atomic E-state index is 13.6. The zero-order valence-corrected chi connectivity index (χ0v) is 13.5. The van der Waals surface area contributed by atoms with Gasteiger partial charge >= 0.3 is 0 Å². The van der Waals surface area contributed by atoms with Gasteiger partial charge in [-0.05, 0) is 36.8 Å². The fourth-order valence-corrected chi connectivity index (χ4v) is 2.20. The molecule has 2 rings (SSSR count). The number of para-hydroxylation sites is 1. The first-order chi connectivity index (χ1) is 10.9. The van der Waals surface area contributed by atoms with Crippen molar-refractivity contribution >= 4 is 34.8 Å². The molecule has 4 nitrogen and oxygen atoms in total. The lowest BCUT2D eigenvalue weighted by atomic mass is 10.2. The second kappa shape index (κ2) is 7.24. The third kappa shape index (κ3) is 4.29. The summed E-state index contributed by atoms with van der Waals surface area (Å²) >= 11 is 6.06. The summed E-state index contributed by atoms with van der Waals surface area (Å²) in [5, 5.41) is 2.95. The zero-order valence-electron chi connectivity index (χ0n) is 12.8. The van der Waals surface area contributed by atoms with E-state index < -0.39 is 11.7 Å². The molecule has 2 aromatic rings. The van der Waals surface area contributed by atoms with Crippen molar-refractivity contribution in [1.82, 2.24) is 0 Å². The number of carbonyl (C=O) groups is 2. The van der Waals surface area contributed by atoms with Gasteiger partial charge in [-0.1, -0.05) is 29.8 Å². The Bertz CT molecular complexity index is 749. The van der Waals surface area contributed by atoms with Crippen molar-refractivity contribution in [2.24, 2.45) is 0 Å². The molecule has 0 aliphatic rings. The van der Waals surface area contributed by atoms with Crippen LogP contribution < -0.4 is 10.2 Å². The molecule has 0 aliphatic heterocycles. The summed E-state index contributed by atoms with van der Waals surface area (Å²) in [6.07, 6.45) is 0. The summed E-state index contributed by atoms with van der Waals surface area (Å²) < 4.78 is 13.6. The molecule has 0 aliphatic carbocycles. The maximum Gasteiger partial charge on any atom is 0.244 e. The predicted molar refractivity (Wildman–Crippen MR) is 89.2 cm³/mol. The highest BCUT2D eigenvalue weighted by Gasteiger charge is 2.17. The van der Waals surface area contributed by atoms with E-state index in [1.54, 1.807) is 24.3 Å². The molecule has 120 valence electrons. The molecule has 2 aromatic carbocycles. The van der Waals surface area contributed by atoms with Gasteiger partial charge in [-0.25, -0.2) is 4.39 Å². The van der Waals surface area contributed by atoms with Gasteiger partial charge in [0.05, 0.1) is 5.69 Å². The number of rotatable bonds is 4. The minimum atomic E-state index is -0.534. The number of nitrogens with zero attached hydrogens (tertiary/aromatic N) is 1. The molecule has 0 aromatic heterocycles. The highest BCUT2D eigenvalue weighted by Crippen LogP contribution is 2.23. The standard InChI is InChI=1S/C17H16ClFN2O2/c1-11-7-8-13(9-14(11)18)21(12(2)22)10-17(23)20-16-6-4-3-5-15(16)19/h3-9H,10H2,1-2H3,(H,20,23). The van der Waals surface area contributed by atoms with Crippen molar-refractivity contribution in [3.63, 3.8) is 0 Å². The topological polar surface area (TPSA) is 49.4 Å². The summed E-state index contributed by atoms with van der Waals surface area (Å²) in [4.78, 5) is 25.2. The van der Waals surface area contributed by atoms with Gasteiger partial charge in [-0.3, -0.25) is 9.59 Å². The average molecular weight is 335 g/mol. The van der Waals surface area contributed by atoms with Gasteiger partial charge in [0, 0.05) is 17.6 Å². The van der Waals surface area contributed by atoms with E-state index in [-0.39, 0.29) is 18.1 Å². The molecule has 0 radical (unpaired) electrons. The Hall–Kier alpha value is -2.40. The van der Waals surface area contributed by atoms with Gasteiger partial charge in [0.2, 0.25) is 11.8 Å². The molecular weight excluding hydrogens is 319 g/mol. The van der Waals surface area contributed by atoms with Crippen LogP contribution in [0.25, 0.3) is 0 Å². The highest BCUT2D eigenvalue weighted by atomic mass is 35.5. The number of halogens is 2. The number of carbonyl (C=O) groups excluding carboxylic acids is 2. The van der Waals surface area contributed by atoms with Crippen LogP contribution in [0.2, 0.25) is 5.02 Å². The molecule has 0 saturated carbocycles. The van der Waals surface area contributed by atoms with Crippen molar-refractivity contribution in [1.29, 1.82) is 0 Å². The first-order valence-corrected chi connectivity index (χ1v) is 7.35. The van der Waals surface area contributed by atoms with Gasteiger partial charge in [0.25, 0.3) is 0 Å². The van der Waals surface area contributed by atoms with E-state index >= 15 is 0 Å². The van der Waals surface area contributed by atoms with Gasteiger partial charge < -0.3 is 10.2 Å². The summed E-state index contributed by atoms with van der Waals surface area (Å²) in [5.74, 6) is -1.34. The number of anilines is 2. The third-order valence-corrected chi connectivity index (χ3v) is 3.70. The first-order valence-electron chi connectivity index (χ1n) is 6.97. The van der Waals surface area contributed by atoms with Crippen LogP contribution in [0.3, 0.4) is 0 Å². The lowest BCUT2D eigenvalue weighted by Crippen LogP contribution is -2.36. The van der Waals surface area contributed by atoms with Crippen LogP contribution in [0.4, 0.5) is 15.8 Å². The molecule has 23 heavy (non-hydrogen) atoms. The monoisotopic (exact) mass is 334 g/mol. The van der Waals surface area contributed by atoms with Crippen molar-refractivity contribution in [3.8, 4) is 0 Å². The van der Waals surface area contributed by atoms with E-state index in [0.717, 1.165) is 5.56 Å². The van der Waals surface area contributed by atoms with Gasteiger partial charge in [0.1, 0.15) is 12.4 Å². The molecule has 0 fully saturated rings. The quantitative estimate of drug-likeness (QED) is 0.925. The molecule has 0 heterocycles. The molecule has 1 N–H and O–H groups in total. The maximum absolute atomic E-state index is 13.6. The van der Waals surface area contributed by atoms with Crippen molar-refractivity contribution in [3.05, 3.63) is 58.9 Å². The second-order valence-electron chi connectivity index (χ2n) is 5.07. The van der Waals surface area contributed by atoms with E-state index in [2.05, 4.69) is 5.32 Å². The van der Waals surface area contributed by atoms with Crippen LogP contribution >= 0.6 is 11.6 Å². The molecule has 0 saturated heterocycles. The zero-order chi connectivity index (χ0) is 17.0. The fourth-order valence-electron chi connectivity index (χ4n) is 2.03. The Kier molecular flexibility index (Phi) is 5.34. The van der Waals surface area contributed by atoms with E-state index in [1.807, 2.05) is 6.92 Å². The fraction of sp³-hybridized carbons (Fsp3) is 0.176. The minimum Gasteiger partial charge on any atom is -0.322 e. The Morgan fingerprint density at radius 2 is 1.91 bits per heavy atom. The average Bonchev–Trinajstić information content (AvgIpc) is 2.50. The molecular formula is C17H16ClFN2O2. The lowest BCUT2D eigenvalue weighted by molar-refractivity contribution is -0.120. The van der Waals surface area contributed by atoms with Gasteiger partial charge in [-0.15, -0.1) is 0 Å². The predicted octanol–water partition coefficient (Wildman–Crippen LogP) is 3.78. The van der Waals surface area contributed by atoms with Gasteiger partial charge in [0.15, 0.2) is 0 Å². The number of amides is 2. The third-order valence-electron chi connectivity index (χ3n) is 3.30. The van der Waals surface area contributed by atoms with Crippen LogP contribution in [0.1, 0.15) is 12.5 Å². The molecule has 0 spiro atoms. The smallest absolute Gasteiger partial charge is 0.244 e. The van der Waals surface area contributed by atoms with Crippen LogP contribution in [0.15, 0.2) is 42.5 Å². The SMILES string of the molecule is CC(=O)N(CC(=O)Nc1ccccc1F)c1ccc(C)c(Cl)c1. The number of benzene rings is 2. The lowest BCUT2D eigenvalue weighted by Gasteiger charge is -2.21. The number of aryl methyl sites for hydroxylation is 1. The van der Waals surface area contributed by atoms with Crippen LogP contribution in [0, 0.1) is 12.7 Å². The number of hydrogen-bond donors (Lipinski definition) is 1. The highest BCUT2D eigenvalue weighted by molar-refractivity contribution is 6.31. The van der Waals surface area contributed by atoms with Gasteiger partial charge in [-0.2, -0.15) is 0 Å². The minimum absolute atomic E-state index is 0.0722. The second-order valence-corrected chi connectivity index (χ2v) is 5.47. The summed E-state index contributed by atoms with van der Waals surface area (Å²) in [7, 11) is 0.